The van der Waals surface area contributed by atoms with E-state index in [0.717, 1.165) is 17.3 Å². The molecule has 0 unspecified atom stereocenters. The molecule has 132 valence electrons. The zero-order chi connectivity index (χ0) is 18.5. The maximum Gasteiger partial charge on any atom is 0.244 e. The van der Waals surface area contributed by atoms with Gasteiger partial charge in [-0.15, -0.1) is 0 Å². The van der Waals surface area contributed by atoms with Crippen LogP contribution in [0.15, 0.2) is 60.8 Å². The van der Waals surface area contributed by atoms with Crippen molar-refractivity contribution < 1.29 is 9.59 Å². The van der Waals surface area contributed by atoms with Gasteiger partial charge in [-0.1, -0.05) is 37.3 Å². The van der Waals surface area contributed by atoms with E-state index >= 15 is 0 Å². The molecule has 5 heteroatoms. The van der Waals surface area contributed by atoms with E-state index in [1.807, 2.05) is 48.5 Å². The van der Waals surface area contributed by atoms with Crippen molar-refractivity contribution >= 4 is 34.1 Å². The number of hydrogen-bond acceptors (Lipinski definition) is 3. The molecule has 0 fully saturated rings. The van der Waals surface area contributed by atoms with E-state index < -0.39 is 0 Å². The van der Waals surface area contributed by atoms with Gasteiger partial charge in [-0.3, -0.25) is 14.6 Å². The molecular weight excluding hydrogens is 326 g/mol. The van der Waals surface area contributed by atoms with Crippen LogP contribution >= 0.6 is 0 Å². The predicted octanol–water partition coefficient (Wildman–Crippen LogP) is 3.79. The fourth-order valence-electron chi connectivity index (χ4n) is 2.83. The number of carbonyl (C=O) groups excluding carboxylic acids is 2. The summed E-state index contributed by atoms with van der Waals surface area (Å²) in [5.74, 6) is -0.446. The highest BCUT2D eigenvalue weighted by atomic mass is 16.2. The molecular formula is C21H21N3O2. The Kier molecular flexibility index (Phi) is 5.27. The number of pyridine rings is 1. The highest BCUT2D eigenvalue weighted by molar-refractivity contribution is 6.05. The normalized spacial score (nSPS) is 10.5. The van der Waals surface area contributed by atoms with Crippen LogP contribution in [-0.2, 0) is 16.0 Å². The summed E-state index contributed by atoms with van der Waals surface area (Å²) in [6.45, 7) is 3.48. The second-order valence-corrected chi connectivity index (χ2v) is 6.05. The molecule has 5 nitrogen and oxygen atoms in total. The van der Waals surface area contributed by atoms with Crippen molar-refractivity contribution in [3.05, 3.63) is 66.4 Å². The minimum Gasteiger partial charge on any atom is -0.323 e. The van der Waals surface area contributed by atoms with Gasteiger partial charge in [-0.05, 0) is 36.2 Å². The molecule has 0 spiro atoms. The van der Waals surface area contributed by atoms with Crippen LogP contribution in [0.25, 0.3) is 10.9 Å². The molecule has 26 heavy (non-hydrogen) atoms. The minimum absolute atomic E-state index is 0.0516. The molecule has 0 radical (unpaired) electrons. The Morgan fingerprint density at radius 2 is 1.77 bits per heavy atom. The van der Waals surface area contributed by atoms with Gasteiger partial charge < -0.3 is 10.2 Å². The number of hydrogen-bond donors (Lipinski definition) is 1. The van der Waals surface area contributed by atoms with E-state index in [2.05, 4.69) is 17.2 Å². The van der Waals surface area contributed by atoms with Crippen LogP contribution in [0, 0.1) is 0 Å². The van der Waals surface area contributed by atoms with Gasteiger partial charge >= 0.3 is 0 Å². The van der Waals surface area contributed by atoms with Gasteiger partial charge in [0.1, 0.15) is 6.54 Å². The molecule has 0 saturated heterocycles. The van der Waals surface area contributed by atoms with Crippen molar-refractivity contribution in [3.63, 3.8) is 0 Å². The van der Waals surface area contributed by atoms with Crippen molar-refractivity contribution in [2.45, 2.75) is 20.3 Å². The third-order valence-corrected chi connectivity index (χ3v) is 4.24. The molecule has 0 atom stereocenters. The first-order valence-corrected chi connectivity index (χ1v) is 8.59. The summed E-state index contributed by atoms with van der Waals surface area (Å²) < 4.78 is 0. The van der Waals surface area contributed by atoms with Gasteiger partial charge in [0.15, 0.2) is 0 Å². The first-order valence-electron chi connectivity index (χ1n) is 8.59. The average molecular weight is 347 g/mol. The Morgan fingerprint density at radius 1 is 1.04 bits per heavy atom. The van der Waals surface area contributed by atoms with Crippen molar-refractivity contribution in [1.82, 2.24) is 4.98 Å². The molecule has 3 aromatic rings. The molecule has 3 rings (SSSR count). The van der Waals surface area contributed by atoms with Crippen molar-refractivity contribution in [1.29, 1.82) is 0 Å². The van der Waals surface area contributed by atoms with Crippen LogP contribution in [0.5, 0.6) is 0 Å². The molecule has 2 amide bonds. The fourth-order valence-corrected chi connectivity index (χ4v) is 2.83. The third kappa shape index (κ3) is 3.88. The molecule has 2 aromatic carbocycles. The summed E-state index contributed by atoms with van der Waals surface area (Å²) in [6.07, 6.45) is 2.62. The summed E-state index contributed by atoms with van der Waals surface area (Å²) >= 11 is 0. The summed E-state index contributed by atoms with van der Waals surface area (Å²) in [4.78, 5) is 30.4. The number of para-hydroxylation sites is 1. The van der Waals surface area contributed by atoms with Crippen LogP contribution in [-0.4, -0.2) is 23.3 Å². The Labute approximate surface area is 152 Å². The highest BCUT2D eigenvalue weighted by Crippen LogP contribution is 2.21. The van der Waals surface area contributed by atoms with Crippen LogP contribution < -0.4 is 10.2 Å². The number of amides is 2. The quantitative estimate of drug-likeness (QED) is 0.764. The number of carbonyl (C=O) groups is 2. The third-order valence-electron chi connectivity index (χ3n) is 4.24. The summed E-state index contributed by atoms with van der Waals surface area (Å²) in [7, 11) is 0. The lowest BCUT2D eigenvalue weighted by Gasteiger charge is -2.21. The average Bonchev–Trinajstić information content (AvgIpc) is 2.66. The number of anilines is 2. The van der Waals surface area contributed by atoms with E-state index in [-0.39, 0.29) is 18.4 Å². The number of nitrogens with one attached hydrogen (secondary N) is 1. The van der Waals surface area contributed by atoms with E-state index in [1.165, 1.54) is 17.4 Å². The Hall–Kier alpha value is -3.21. The zero-order valence-corrected chi connectivity index (χ0v) is 14.9. The van der Waals surface area contributed by atoms with Crippen molar-refractivity contribution in [3.8, 4) is 0 Å². The molecule has 0 saturated carbocycles. The molecule has 0 aliphatic rings. The van der Waals surface area contributed by atoms with Gasteiger partial charge in [0.05, 0.1) is 11.2 Å². The van der Waals surface area contributed by atoms with Crippen LogP contribution in [0.1, 0.15) is 19.4 Å². The van der Waals surface area contributed by atoms with Crippen LogP contribution in [0.4, 0.5) is 11.4 Å². The van der Waals surface area contributed by atoms with E-state index in [4.69, 9.17) is 0 Å². The van der Waals surface area contributed by atoms with Crippen molar-refractivity contribution in [2.75, 3.05) is 16.8 Å². The van der Waals surface area contributed by atoms with Crippen molar-refractivity contribution in [2.24, 2.45) is 0 Å². The van der Waals surface area contributed by atoms with Gasteiger partial charge in [0, 0.05) is 24.2 Å². The van der Waals surface area contributed by atoms with Gasteiger partial charge in [0.2, 0.25) is 11.8 Å². The van der Waals surface area contributed by atoms with Gasteiger partial charge in [-0.25, -0.2) is 0 Å². The second-order valence-electron chi connectivity index (χ2n) is 6.05. The number of aromatic nitrogens is 1. The topological polar surface area (TPSA) is 62.3 Å². The molecule has 0 aliphatic carbocycles. The first kappa shape index (κ1) is 17.6. The number of nitrogens with zero attached hydrogens (tertiary/aromatic N) is 2. The number of fused-ring (bicyclic) bond motifs is 1. The largest absolute Gasteiger partial charge is 0.323 e. The maximum absolute atomic E-state index is 12.5. The smallest absolute Gasteiger partial charge is 0.244 e. The van der Waals surface area contributed by atoms with E-state index in [1.54, 1.807) is 12.3 Å². The summed E-state index contributed by atoms with van der Waals surface area (Å²) in [6, 6.07) is 17.1. The number of aryl methyl sites for hydroxylation is 1. The Bertz CT molecular complexity index is 930. The Morgan fingerprint density at radius 3 is 2.46 bits per heavy atom. The van der Waals surface area contributed by atoms with Crippen LogP contribution in [0.2, 0.25) is 0 Å². The van der Waals surface area contributed by atoms with Gasteiger partial charge in [-0.2, -0.15) is 0 Å². The highest BCUT2D eigenvalue weighted by Gasteiger charge is 2.16. The molecule has 1 N–H and O–H groups in total. The zero-order valence-electron chi connectivity index (χ0n) is 14.9. The molecule has 1 aromatic heterocycles. The van der Waals surface area contributed by atoms with E-state index in [0.29, 0.717) is 11.4 Å². The monoisotopic (exact) mass is 347 g/mol. The predicted molar refractivity (Wildman–Crippen MR) is 104 cm³/mol. The molecule has 1 heterocycles. The lowest BCUT2D eigenvalue weighted by atomic mass is 10.1. The maximum atomic E-state index is 12.5. The number of benzene rings is 2. The van der Waals surface area contributed by atoms with E-state index in [9.17, 15) is 9.59 Å². The summed E-state index contributed by atoms with van der Waals surface area (Å²) in [5.41, 5.74) is 3.26. The van der Waals surface area contributed by atoms with Crippen LogP contribution in [0.3, 0.4) is 0 Å². The number of rotatable bonds is 5. The molecule has 0 aliphatic heterocycles. The SMILES string of the molecule is CCc1ccc(N(CC(=O)Nc2cccc3cccnc23)C(C)=O)cc1. The first-order chi connectivity index (χ1) is 12.6. The summed E-state index contributed by atoms with van der Waals surface area (Å²) in [5, 5.41) is 3.82. The Balaban J connectivity index is 1.78. The lowest BCUT2D eigenvalue weighted by Crippen LogP contribution is -2.36. The van der Waals surface area contributed by atoms with Gasteiger partial charge in [0.25, 0.3) is 0 Å². The minimum atomic E-state index is -0.266. The lowest BCUT2D eigenvalue weighted by molar-refractivity contribution is -0.120. The molecule has 0 bridgehead atoms. The standard InChI is InChI=1S/C21H21N3O2/c1-3-16-9-11-18(12-10-16)24(15(2)25)14-20(26)23-19-8-4-6-17-7-5-13-22-21(17)19/h4-13H,3,14H2,1-2H3,(H,23,26). The fraction of sp³-hybridized carbons (Fsp3) is 0.190. The second kappa shape index (κ2) is 7.78.